The highest BCUT2D eigenvalue weighted by Gasteiger charge is 2.11. The topological polar surface area (TPSA) is 72.0 Å². The van der Waals surface area contributed by atoms with Crippen LogP contribution >= 0.6 is 15.9 Å². The van der Waals surface area contributed by atoms with Crippen molar-refractivity contribution < 1.29 is 14.3 Å². The minimum Gasteiger partial charge on any atom is -0.493 e. The van der Waals surface area contributed by atoms with Gasteiger partial charge in [-0.25, -0.2) is 10.2 Å². The normalized spacial score (nSPS) is 10.9. The molecule has 2 amide bonds. The second kappa shape index (κ2) is 10.9. The Bertz CT molecular complexity index is 1350. The predicted octanol–water partition coefficient (Wildman–Crippen LogP) is 6.65. The predicted molar refractivity (Wildman–Crippen MR) is 140 cm³/mol. The number of para-hydroxylation sites is 1. The maximum atomic E-state index is 12.1. The SMILES string of the molecule is COc1cc(C=NNC(=O)Nc2ccccc2C)c(Br)cc1OCc1cccc2ccccc12. The molecular formula is C27H24BrN3O3. The molecule has 0 saturated heterocycles. The van der Waals surface area contributed by atoms with Crippen molar-refractivity contribution in [3.05, 3.63) is 100 Å². The van der Waals surface area contributed by atoms with Crippen molar-refractivity contribution in [2.75, 3.05) is 12.4 Å². The van der Waals surface area contributed by atoms with Crippen LogP contribution in [0, 0.1) is 6.92 Å². The number of halogens is 1. The lowest BCUT2D eigenvalue weighted by Gasteiger charge is -2.14. The van der Waals surface area contributed by atoms with Gasteiger partial charge in [0.15, 0.2) is 11.5 Å². The van der Waals surface area contributed by atoms with Gasteiger partial charge in [0.05, 0.1) is 13.3 Å². The van der Waals surface area contributed by atoms with Crippen molar-refractivity contribution in [1.29, 1.82) is 0 Å². The Labute approximate surface area is 206 Å². The summed E-state index contributed by atoms with van der Waals surface area (Å²) in [5.74, 6) is 1.17. The lowest BCUT2D eigenvalue weighted by molar-refractivity contribution is 0.252. The lowest BCUT2D eigenvalue weighted by Crippen LogP contribution is -2.24. The molecule has 7 heteroatoms. The maximum Gasteiger partial charge on any atom is 0.339 e. The summed E-state index contributed by atoms with van der Waals surface area (Å²) in [7, 11) is 1.59. The van der Waals surface area contributed by atoms with Crippen LogP contribution in [-0.4, -0.2) is 19.4 Å². The van der Waals surface area contributed by atoms with E-state index >= 15 is 0 Å². The average molecular weight is 518 g/mol. The van der Waals surface area contributed by atoms with Crippen molar-refractivity contribution in [2.45, 2.75) is 13.5 Å². The molecule has 0 aromatic heterocycles. The molecule has 4 aromatic carbocycles. The van der Waals surface area contributed by atoms with Crippen LogP contribution < -0.4 is 20.2 Å². The van der Waals surface area contributed by atoms with Crippen LogP contribution in [0.2, 0.25) is 0 Å². The molecule has 0 atom stereocenters. The van der Waals surface area contributed by atoms with Crippen molar-refractivity contribution in [3.63, 3.8) is 0 Å². The van der Waals surface area contributed by atoms with Crippen LogP contribution in [0.15, 0.2) is 88.4 Å². The molecule has 4 rings (SSSR count). The molecule has 4 aromatic rings. The number of carbonyl (C=O) groups is 1. The van der Waals surface area contributed by atoms with Crippen molar-refractivity contribution >= 4 is 44.6 Å². The molecule has 2 N–H and O–H groups in total. The van der Waals surface area contributed by atoms with E-state index in [-0.39, 0.29) is 0 Å². The number of nitrogens with one attached hydrogen (secondary N) is 2. The van der Waals surface area contributed by atoms with Gasteiger partial charge in [-0.3, -0.25) is 0 Å². The quantitative estimate of drug-likeness (QED) is 0.213. The third-order valence-corrected chi connectivity index (χ3v) is 6.00. The second-order valence-electron chi connectivity index (χ2n) is 7.59. The van der Waals surface area contributed by atoms with Crippen molar-refractivity contribution in [1.82, 2.24) is 5.43 Å². The van der Waals surface area contributed by atoms with Gasteiger partial charge in [-0.2, -0.15) is 5.10 Å². The fourth-order valence-electron chi connectivity index (χ4n) is 3.52. The zero-order chi connectivity index (χ0) is 23.9. The third-order valence-electron chi connectivity index (χ3n) is 5.31. The number of methoxy groups -OCH3 is 1. The van der Waals surface area contributed by atoms with Gasteiger partial charge in [-0.1, -0.05) is 60.7 Å². The van der Waals surface area contributed by atoms with Crippen LogP contribution in [0.5, 0.6) is 11.5 Å². The Morgan fingerprint density at radius 3 is 2.59 bits per heavy atom. The minimum atomic E-state index is -0.427. The molecule has 172 valence electrons. The van der Waals surface area contributed by atoms with Gasteiger partial charge in [-0.15, -0.1) is 0 Å². The first-order valence-electron chi connectivity index (χ1n) is 10.7. The number of aryl methyl sites for hydroxylation is 1. The van der Waals surface area contributed by atoms with E-state index in [0.29, 0.717) is 18.1 Å². The Hall–Kier alpha value is -3.84. The van der Waals surface area contributed by atoms with E-state index in [1.54, 1.807) is 19.4 Å². The molecular weight excluding hydrogens is 494 g/mol. The van der Waals surface area contributed by atoms with Crippen LogP contribution in [-0.2, 0) is 6.61 Å². The highest BCUT2D eigenvalue weighted by molar-refractivity contribution is 9.10. The summed E-state index contributed by atoms with van der Waals surface area (Å²) in [5, 5.41) is 9.14. The van der Waals surface area contributed by atoms with Gasteiger partial charge in [0.2, 0.25) is 0 Å². The summed E-state index contributed by atoms with van der Waals surface area (Å²) in [4.78, 5) is 12.1. The van der Waals surface area contributed by atoms with Gasteiger partial charge < -0.3 is 14.8 Å². The zero-order valence-electron chi connectivity index (χ0n) is 18.8. The number of benzene rings is 4. The van der Waals surface area contributed by atoms with E-state index in [0.717, 1.165) is 32.2 Å². The Balaban J connectivity index is 1.44. The molecule has 0 aliphatic carbocycles. The standard InChI is InChI=1S/C27H24BrN3O3/c1-18-8-3-6-13-24(18)30-27(32)31-29-16-21-14-25(33-2)26(15-23(21)28)34-17-20-11-7-10-19-9-4-5-12-22(19)20/h3-16H,17H2,1-2H3,(H2,30,31,32). The number of hydrogen-bond acceptors (Lipinski definition) is 4. The zero-order valence-corrected chi connectivity index (χ0v) is 20.4. The molecule has 0 fully saturated rings. The number of ether oxygens (including phenoxy) is 2. The maximum absolute atomic E-state index is 12.1. The van der Waals surface area contributed by atoms with E-state index in [4.69, 9.17) is 9.47 Å². The smallest absolute Gasteiger partial charge is 0.339 e. The van der Waals surface area contributed by atoms with Crippen LogP contribution in [0.3, 0.4) is 0 Å². The first-order valence-corrected chi connectivity index (χ1v) is 11.5. The molecule has 34 heavy (non-hydrogen) atoms. The second-order valence-corrected chi connectivity index (χ2v) is 8.44. The number of nitrogens with zero attached hydrogens (tertiary/aromatic N) is 1. The summed E-state index contributed by atoms with van der Waals surface area (Å²) in [6.45, 7) is 2.32. The summed E-state index contributed by atoms with van der Waals surface area (Å²) in [6.07, 6.45) is 1.54. The summed E-state index contributed by atoms with van der Waals surface area (Å²) >= 11 is 3.55. The number of hydrazone groups is 1. The molecule has 0 aliphatic heterocycles. The molecule has 0 heterocycles. The van der Waals surface area contributed by atoms with Gasteiger partial charge in [-0.05, 0) is 63.0 Å². The number of anilines is 1. The number of urea groups is 1. The Kier molecular flexibility index (Phi) is 7.44. The van der Waals surface area contributed by atoms with Gasteiger partial charge >= 0.3 is 6.03 Å². The molecule has 0 aliphatic rings. The molecule has 0 radical (unpaired) electrons. The minimum absolute atomic E-state index is 0.401. The molecule has 0 spiro atoms. The fraction of sp³-hybridized carbons (Fsp3) is 0.111. The summed E-state index contributed by atoms with van der Waals surface area (Å²) in [5.41, 5.74) is 5.99. The first-order chi connectivity index (χ1) is 16.5. The fourth-order valence-corrected chi connectivity index (χ4v) is 3.94. The van der Waals surface area contributed by atoms with Crippen molar-refractivity contribution in [3.8, 4) is 11.5 Å². The van der Waals surface area contributed by atoms with Crippen molar-refractivity contribution in [2.24, 2.45) is 5.10 Å². The lowest BCUT2D eigenvalue weighted by atomic mass is 10.1. The van der Waals surface area contributed by atoms with E-state index in [1.807, 2.05) is 55.5 Å². The molecule has 0 bridgehead atoms. The van der Waals surface area contributed by atoms with Crippen LogP contribution in [0.1, 0.15) is 16.7 Å². The highest BCUT2D eigenvalue weighted by Crippen LogP contribution is 2.34. The number of rotatable bonds is 7. The number of carbonyl (C=O) groups excluding carboxylic acids is 1. The van der Waals surface area contributed by atoms with E-state index in [2.05, 4.69) is 56.0 Å². The van der Waals surface area contributed by atoms with Gasteiger partial charge in [0, 0.05) is 15.7 Å². The summed E-state index contributed by atoms with van der Waals surface area (Å²) in [6, 6.07) is 25.1. The number of amides is 2. The average Bonchev–Trinajstić information content (AvgIpc) is 2.85. The van der Waals surface area contributed by atoms with E-state index in [1.165, 1.54) is 5.39 Å². The monoisotopic (exact) mass is 517 g/mol. The summed E-state index contributed by atoms with van der Waals surface area (Å²) < 4.78 is 12.4. The molecule has 6 nitrogen and oxygen atoms in total. The molecule has 0 unspecified atom stereocenters. The number of fused-ring (bicyclic) bond motifs is 1. The highest BCUT2D eigenvalue weighted by atomic mass is 79.9. The number of hydrogen-bond donors (Lipinski definition) is 2. The van der Waals surface area contributed by atoms with Crippen LogP contribution in [0.4, 0.5) is 10.5 Å². The van der Waals surface area contributed by atoms with Gasteiger partial charge in [0.1, 0.15) is 6.61 Å². The first kappa shape index (κ1) is 23.3. The Morgan fingerprint density at radius 1 is 1.00 bits per heavy atom. The largest absolute Gasteiger partial charge is 0.493 e. The third kappa shape index (κ3) is 5.55. The van der Waals surface area contributed by atoms with Gasteiger partial charge in [0.25, 0.3) is 0 Å². The molecule has 0 saturated carbocycles. The van der Waals surface area contributed by atoms with Crippen LogP contribution in [0.25, 0.3) is 10.8 Å². The Morgan fingerprint density at radius 2 is 1.76 bits per heavy atom. The van der Waals surface area contributed by atoms with E-state index in [9.17, 15) is 4.79 Å². The van der Waals surface area contributed by atoms with E-state index < -0.39 is 6.03 Å².